The van der Waals surface area contributed by atoms with Gasteiger partial charge in [0.1, 0.15) is 5.82 Å². The predicted octanol–water partition coefficient (Wildman–Crippen LogP) is 7.60. The van der Waals surface area contributed by atoms with Crippen molar-refractivity contribution in [3.05, 3.63) is 102 Å². The number of H-pyrrole nitrogens is 1. The van der Waals surface area contributed by atoms with Gasteiger partial charge in [0.2, 0.25) is 0 Å². The molecule has 3 N–H and O–H groups in total. The molecule has 2 aromatic heterocycles. The van der Waals surface area contributed by atoms with Gasteiger partial charge in [0, 0.05) is 22.1 Å². The third-order valence-corrected chi connectivity index (χ3v) is 9.51. The predicted molar refractivity (Wildman–Crippen MR) is 148 cm³/mol. The first-order valence-electron chi connectivity index (χ1n) is 11.9. The maximum atomic E-state index is 11.7. The molecule has 1 aliphatic heterocycles. The van der Waals surface area contributed by atoms with Crippen LogP contribution in [0.15, 0.2) is 78.9 Å². The van der Waals surface area contributed by atoms with E-state index in [0.717, 1.165) is 45.3 Å². The van der Waals surface area contributed by atoms with Crippen LogP contribution in [0.1, 0.15) is 48.8 Å². The molecule has 5 nitrogen and oxygen atoms in total. The summed E-state index contributed by atoms with van der Waals surface area (Å²) in [5.74, 6) is 1.31. The molecule has 0 atom stereocenters. The third-order valence-electron chi connectivity index (χ3n) is 6.36. The molecule has 35 heavy (non-hydrogen) atoms. The Morgan fingerprint density at radius 3 is 2.40 bits per heavy atom. The maximum absolute atomic E-state index is 11.7. The number of benzene rings is 2. The number of hydrogen-bond acceptors (Lipinski definition) is 4. The second kappa shape index (κ2) is 8.72. The minimum Gasteiger partial charge on any atom is -0.340 e. The summed E-state index contributed by atoms with van der Waals surface area (Å²) in [5.41, 5.74) is 6.07. The highest BCUT2D eigenvalue weighted by Crippen LogP contribution is 2.66. The maximum Gasteiger partial charge on any atom is 0.109 e. The number of nitrogens with one attached hydrogen (secondary N) is 1. The zero-order valence-corrected chi connectivity index (χ0v) is 21.1. The highest BCUT2D eigenvalue weighted by molar-refractivity contribution is 8.45. The van der Waals surface area contributed by atoms with Crippen molar-refractivity contribution in [1.29, 1.82) is 0 Å². The average molecular weight is 486 g/mol. The fraction of sp³-hybridized carbons (Fsp3) is 0.207. The van der Waals surface area contributed by atoms with Gasteiger partial charge in [-0.05, 0) is 48.0 Å². The fourth-order valence-electron chi connectivity index (χ4n) is 4.60. The standard InChI is InChI=1S/C29H31N3O2S/c1-20(2)29-31-27(28(32-29)25-15-7-10-21(3)30-25)24-14-8-13-23(18-24)26-16-9-17-35(26,33,34)19-22-11-5-4-6-12-22/h4-8,10-18,20,33-34H,9,19H2,1-3H3,(H,31,32). The first-order chi connectivity index (χ1) is 16.7. The van der Waals surface area contributed by atoms with E-state index in [1.165, 1.54) is 0 Å². The van der Waals surface area contributed by atoms with Crippen molar-refractivity contribution in [1.82, 2.24) is 15.0 Å². The summed E-state index contributed by atoms with van der Waals surface area (Å²) in [7, 11) is -3.92. The van der Waals surface area contributed by atoms with Gasteiger partial charge < -0.3 is 14.1 Å². The lowest BCUT2D eigenvalue weighted by atomic mass is 10.0. The Labute approximate surface area is 206 Å². The Kier molecular flexibility index (Phi) is 5.83. The van der Waals surface area contributed by atoms with E-state index in [-0.39, 0.29) is 11.7 Å². The van der Waals surface area contributed by atoms with Crippen molar-refractivity contribution >= 4 is 19.6 Å². The lowest BCUT2D eigenvalue weighted by Gasteiger charge is -2.45. The van der Waals surface area contributed by atoms with Crippen LogP contribution >= 0.6 is 9.31 Å². The van der Waals surface area contributed by atoms with E-state index in [1.54, 1.807) is 5.37 Å². The molecule has 6 heteroatoms. The number of nitrogens with zero attached hydrogens (tertiary/aromatic N) is 2. The van der Waals surface area contributed by atoms with Crippen LogP contribution in [0, 0.1) is 6.92 Å². The number of hydrogen-bond donors (Lipinski definition) is 3. The number of rotatable bonds is 6. The van der Waals surface area contributed by atoms with Crippen LogP contribution in [0.5, 0.6) is 0 Å². The Morgan fingerprint density at radius 2 is 1.66 bits per heavy atom. The minimum atomic E-state index is -3.92. The molecule has 5 rings (SSSR count). The molecule has 0 amide bonds. The number of pyridine rings is 1. The lowest BCUT2D eigenvalue weighted by molar-refractivity contribution is 0.495. The average Bonchev–Trinajstić information content (AvgIpc) is 3.42. The van der Waals surface area contributed by atoms with Crippen molar-refractivity contribution in [3.8, 4) is 22.6 Å². The molecule has 0 spiro atoms. The van der Waals surface area contributed by atoms with Gasteiger partial charge in [0.25, 0.3) is 0 Å². The van der Waals surface area contributed by atoms with Gasteiger partial charge in [0.05, 0.1) is 22.8 Å². The normalized spacial score (nSPS) is 17.4. The van der Waals surface area contributed by atoms with Gasteiger partial charge in [-0.15, -0.1) is 0 Å². The SMILES string of the molecule is Cc1cccc(-c2[nH]c(C(C)C)nc2-c2cccc(C3=CCC=S3(O)(O)Cc3ccccc3)c2)n1. The second-order valence-electron chi connectivity index (χ2n) is 9.51. The van der Waals surface area contributed by atoms with Gasteiger partial charge in [-0.3, -0.25) is 4.98 Å². The molecule has 4 aromatic rings. The molecule has 180 valence electrons. The van der Waals surface area contributed by atoms with Crippen LogP contribution in [-0.2, 0) is 5.75 Å². The molecule has 2 aromatic carbocycles. The quantitative estimate of drug-likeness (QED) is 0.246. The lowest BCUT2D eigenvalue weighted by Crippen LogP contribution is -2.12. The zero-order chi connectivity index (χ0) is 24.7. The van der Waals surface area contributed by atoms with Crippen molar-refractivity contribution in [2.75, 3.05) is 0 Å². The highest BCUT2D eigenvalue weighted by Gasteiger charge is 2.31. The molecule has 0 bridgehead atoms. The van der Waals surface area contributed by atoms with E-state index in [0.29, 0.717) is 11.3 Å². The van der Waals surface area contributed by atoms with E-state index in [1.807, 2.05) is 85.8 Å². The van der Waals surface area contributed by atoms with Crippen molar-refractivity contribution < 1.29 is 9.11 Å². The Balaban J connectivity index is 1.59. The van der Waals surface area contributed by atoms with E-state index >= 15 is 0 Å². The van der Waals surface area contributed by atoms with Crippen LogP contribution in [0.2, 0.25) is 0 Å². The van der Waals surface area contributed by atoms with Gasteiger partial charge in [0.15, 0.2) is 0 Å². The molecule has 0 radical (unpaired) electrons. The minimum absolute atomic E-state index is 0.187. The largest absolute Gasteiger partial charge is 0.340 e. The summed E-state index contributed by atoms with van der Waals surface area (Å²) in [6, 6.07) is 23.5. The molecule has 3 heterocycles. The van der Waals surface area contributed by atoms with E-state index in [4.69, 9.17) is 9.97 Å². The van der Waals surface area contributed by atoms with Crippen molar-refractivity contribution in [2.24, 2.45) is 0 Å². The van der Waals surface area contributed by atoms with Crippen molar-refractivity contribution in [2.45, 2.75) is 38.9 Å². The fourth-order valence-corrected chi connectivity index (χ4v) is 7.51. The van der Waals surface area contributed by atoms with Gasteiger partial charge in [-0.25, -0.2) is 14.3 Å². The molecule has 0 saturated carbocycles. The molecule has 1 aliphatic rings. The molecule has 0 unspecified atom stereocenters. The number of aromatic nitrogens is 3. The summed E-state index contributed by atoms with van der Waals surface area (Å²) in [6.45, 7) is 6.19. The smallest absolute Gasteiger partial charge is 0.109 e. The van der Waals surface area contributed by atoms with Crippen molar-refractivity contribution in [3.63, 3.8) is 0 Å². The molecule has 0 fully saturated rings. The first-order valence-corrected chi connectivity index (χ1v) is 14.1. The van der Waals surface area contributed by atoms with Crippen LogP contribution in [0.25, 0.3) is 27.6 Å². The third kappa shape index (κ3) is 4.52. The van der Waals surface area contributed by atoms with E-state index in [2.05, 4.69) is 18.8 Å². The van der Waals surface area contributed by atoms with Gasteiger partial charge in [-0.2, -0.15) is 0 Å². The summed E-state index contributed by atoms with van der Waals surface area (Å²) >= 11 is 0. The Morgan fingerprint density at radius 1 is 0.914 bits per heavy atom. The van der Waals surface area contributed by atoms with Crippen LogP contribution in [-0.4, -0.2) is 29.4 Å². The Bertz CT molecular complexity index is 1490. The number of imidazole rings is 1. The highest BCUT2D eigenvalue weighted by atomic mass is 32.3. The van der Waals surface area contributed by atoms with Crippen LogP contribution < -0.4 is 0 Å². The molecular formula is C29H31N3O2S. The number of aromatic amines is 1. The Hall–Kier alpha value is -3.32. The monoisotopic (exact) mass is 485 g/mol. The topological polar surface area (TPSA) is 82.0 Å². The van der Waals surface area contributed by atoms with Crippen LogP contribution in [0.3, 0.4) is 0 Å². The summed E-state index contributed by atoms with van der Waals surface area (Å²) in [6.07, 6.45) is 2.47. The summed E-state index contributed by atoms with van der Waals surface area (Å²) in [4.78, 5) is 13.7. The van der Waals surface area contributed by atoms with E-state index < -0.39 is 9.31 Å². The summed E-state index contributed by atoms with van der Waals surface area (Å²) < 4.78 is 23.5. The molecule has 0 saturated heterocycles. The number of aryl methyl sites for hydroxylation is 1. The van der Waals surface area contributed by atoms with Gasteiger partial charge >= 0.3 is 0 Å². The first kappa shape index (κ1) is 23.4. The summed E-state index contributed by atoms with van der Waals surface area (Å²) in [5, 5.41) is 1.69. The second-order valence-corrected chi connectivity index (χ2v) is 12.9. The number of allylic oxidation sites excluding steroid dienone is 1. The van der Waals surface area contributed by atoms with E-state index in [9.17, 15) is 9.11 Å². The van der Waals surface area contributed by atoms with Crippen LogP contribution in [0.4, 0.5) is 0 Å². The molecule has 0 aliphatic carbocycles. The molecular weight excluding hydrogens is 454 g/mol. The zero-order valence-electron chi connectivity index (χ0n) is 20.3. The van der Waals surface area contributed by atoms with Gasteiger partial charge in [-0.1, -0.05) is 74.5 Å².